The normalized spacial score (nSPS) is 26.8. The number of nitrogens with one attached hydrogen (secondary N) is 1. The molecule has 1 aliphatic rings. The van der Waals surface area contributed by atoms with E-state index >= 15 is 0 Å². The second-order valence-electron chi connectivity index (χ2n) is 4.58. The molecule has 1 fully saturated rings. The molecule has 0 spiro atoms. The predicted octanol–water partition coefficient (Wildman–Crippen LogP) is 2.15. The van der Waals surface area contributed by atoms with Gasteiger partial charge in [0.15, 0.2) is 0 Å². The molecule has 2 atom stereocenters. The molecule has 0 aliphatic carbocycles. The van der Waals surface area contributed by atoms with E-state index in [4.69, 9.17) is 0 Å². The molecule has 84 valence electrons. The summed E-state index contributed by atoms with van der Waals surface area (Å²) in [6, 6.07) is 1.30. The molecule has 2 rings (SSSR count). The molecule has 0 aromatic carbocycles. The van der Waals surface area contributed by atoms with E-state index in [0.29, 0.717) is 12.1 Å². The van der Waals surface area contributed by atoms with Gasteiger partial charge in [-0.25, -0.2) is 4.98 Å². The van der Waals surface area contributed by atoms with Gasteiger partial charge in [0.25, 0.3) is 0 Å². The first-order valence-corrected chi connectivity index (χ1v) is 6.05. The lowest BCUT2D eigenvalue weighted by molar-refractivity contribution is 0.308. The Hall–Kier alpha value is -0.830. The number of aryl methyl sites for hydroxylation is 1. The maximum Gasteiger partial charge on any atom is 0.0950 e. The Morgan fingerprint density at radius 1 is 1.60 bits per heavy atom. The van der Waals surface area contributed by atoms with Crippen LogP contribution in [0.15, 0.2) is 12.5 Å². The molecule has 1 aliphatic heterocycles. The maximum absolute atomic E-state index is 4.28. The zero-order chi connectivity index (χ0) is 10.7. The van der Waals surface area contributed by atoms with Gasteiger partial charge in [0, 0.05) is 24.0 Å². The highest BCUT2D eigenvalue weighted by atomic mass is 15.1. The summed E-state index contributed by atoms with van der Waals surface area (Å²) in [5.41, 5.74) is 1.40. The fraction of sp³-hybridized carbons (Fsp3) is 0.750. The van der Waals surface area contributed by atoms with Gasteiger partial charge in [0.2, 0.25) is 0 Å². The van der Waals surface area contributed by atoms with Crippen LogP contribution in [0, 0.1) is 0 Å². The van der Waals surface area contributed by atoms with Gasteiger partial charge >= 0.3 is 0 Å². The van der Waals surface area contributed by atoms with E-state index in [1.165, 1.54) is 25.0 Å². The molecule has 0 bridgehead atoms. The van der Waals surface area contributed by atoms with E-state index in [0.717, 1.165) is 13.0 Å². The van der Waals surface area contributed by atoms with Crippen molar-refractivity contribution in [1.82, 2.24) is 14.9 Å². The summed E-state index contributed by atoms with van der Waals surface area (Å²) in [4.78, 5) is 4.28. The van der Waals surface area contributed by atoms with Crippen LogP contribution in [0.4, 0.5) is 0 Å². The van der Waals surface area contributed by atoms with Gasteiger partial charge in [0.1, 0.15) is 0 Å². The summed E-state index contributed by atoms with van der Waals surface area (Å²) in [6.45, 7) is 5.63. The maximum atomic E-state index is 4.28. The van der Waals surface area contributed by atoms with Crippen LogP contribution in [0.25, 0.3) is 0 Å². The minimum atomic E-state index is 0.639. The van der Waals surface area contributed by atoms with Crippen molar-refractivity contribution >= 4 is 0 Å². The summed E-state index contributed by atoms with van der Waals surface area (Å²) < 4.78 is 2.39. The number of imidazole rings is 1. The highest BCUT2D eigenvalue weighted by molar-refractivity contribution is 5.01. The van der Waals surface area contributed by atoms with Crippen LogP contribution in [-0.4, -0.2) is 22.1 Å². The zero-order valence-corrected chi connectivity index (χ0v) is 9.74. The van der Waals surface area contributed by atoms with E-state index in [1.54, 1.807) is 0 Å². The minimum Gasteiger partial charge on any atom is -0.331 e. The molecule has 3 nitrogen and oxygen atoms in total. The predicted molar refractivity (Wildman–Crippen MR) is 62.0 cm³/mol. The second-order valence-corrected chi connectivity index (χ2v) is 4.58. The molecule has 2 unspecified atom stereocenters. The van der Waals surface area contributed by atoms with Crippen molar-refractivity contribution in [2.75, 3.05) is 6.54 Å². The van der Waals surface area contributed by atoms with E-state index in [1.807, 2.05) is 12.5 Å². The van der Waals surface area contributed by atoms with Crippen molar-refractivity contribution in [1.29, 1.82) is 0 Å². The number of piperidine rings is 1. The number of nitrogens with zero attached hydrogens (tertiary/aromatic N) is 2. The molecule has 3 heteroatoms. The first-order chi connectivity index (χ1) is 7.31. The molecular weight excluding hydrogens is 186 g/mol. The van der Waals surface area contributed by atoms with Crippen molar-refractivity contribution in [2.24, 2.45) is 0 Å². The average Bonchev–Trinajstić information content (AvgIpc) is 2.66. The Morgan fingerprint density at radius 3 is 3.20 bits per heavy atom. The van der Waals surface area contributed by atoms with E-state index in [9.17, 15) is 0 Å². The van der Waals surface area contributed by atoms with Crippen LogP contribution < -0.4 is 5.32 Å². The Balaban J connectivity index is 2.10. The van der Waals surface area contributed by atoms with Gasteiger partial charge in [-0.3, -0.25) is 0 Å². The van der Waals surface area contributed by atoms with Crippen LogP contribution in [0.1, 0.15) is 44.8 Å². The SMILES string of the molecule is CCCc1cncn1C1CCNC(C)C1. The number of rotatable bonds is 3. The lowest BCUT2D eigenvalue weighted by Gasteiger charge is -2.30. The Labute approximate surface area is 91.9 Å². The van der Waals surface area contributed by atoms with E-state index in [-0.39, 0.29) is 0 Å². The molecular formula is C12H21N3. The van der Waals surface area contributed by atoms with Crippen LogP contribution in [-0.2, 0) is 6.42 Å². The molecule has 0 amide bonds. The molecule has 1 aromatic rings. The summed E-state index contributed by atoms with van der Waals surface area (Å²) in [6.07, 6.45) is 8.85. The van der Waals surface area contributed by atoms with Gasteiger partial charge in [-0.2, -0.15) is 0 Å². The molecule has 2 heterocycles. The van der Waals surface area contributed by atoms with Crippen molar-refractivity contribution in [3.8, 4) is 0 Å². The van der Waals surface area contributed by atoms with Gasteiger partial charge in [-0.05, 0) is 32.7 Å². The largest absolute Gasteiger partial charge is 0.331 e. The Kier molecular flexibility index (Phi) is 3.41. The summed E-state index contributed by atoms with van der Waals surface area (Å²) in [5.74, 6) is 0. The van der Waals surface area contributed by atoms with Crippen molar-refractivity contribution in [2.45, 2.75) is 51.6 Å². The second kappa shape index (κ2) is 4.79. The van der Waals surface area contributed by atoms with Crippen molar-refractivity contribution < 1.29 is 0 Å². The van der Waals surface area contributed by atoms with Crippen LogP contribution >= 0.6 is 0 Å². The quantitative estimate of drug-likeness (QED) is 0.823. The third-order valence-corrected chi connectivity index (χ3v) is 3.24. The Morgan fingerprint density at radius 2 is 2.47 bits per heavy atom. The third kappa shape index (κ3) is 2.40. The summed E-state index contributed by atoms with van der Waals surface area (Å²) in [7, 11) is 0. The standard InChI is InChI=1S/C12H21N3/c1-3-4-12-8-13-9-15(12)11-5-6-14-10(2)7-11/h8-11,14H,3-7H2,1-2H3. The Bertz CT molecular complexity index is 306. The van der Waals surface area contributed by atoms with E-state index < -0.39 is 0 Å². The molecule has 1 saturated heterocycles. The average molecular weight is 207 g/mol. The first kappa shape index (κ1) is 10.7. The smallest absolute Gasteiger partial charge is 0.0950 e. The van der Waals surface area contributed by atoms with Gasteiger partial charge in [-0.15, -0.1) is 0 Å². The third-order valence-electron chi connectivity index (χ3n) is 3.24. The molecule has 0 saturated carbocycles. The summed E-state index contributed by atoms with van der Waals surface area (Å²) in [5, 5.41) is 3.49. The van der Waals surface area contributed by atoms with Crippen molar-refractivity contribution in [3.63, 3.8) is 0 Å². The lowest BCUT2D eigenvalue weighted by Crippen LogP contribution is -2.36. The van der Waals surface area contributed by atoms with Crippen LogP contribution in [0.3, 0.4) is 0 Å². The first-order valence-electron chi connectivity index (χ1n) is 6.05. The summed E-state index contributed by atoms with van der Waals surface area (Å²) >= 11 is 0. The number of hydrogen-bond donors (Lipinski definition) is 1. The van der Waals surface area contributed by atoms with Crippen molar-refractivity contribution in [3.05, 3.63) is 18.2 Å². The van der Waals surface area contributed by atoms with Crippen LogP contribution in [0.2, 0.25) is 0 Å². The van der Waals surface area contributed by atoms with Gasteiger partial charge in [0.05, 0.1) is 6.33 Å². The minimum absolute atomic E-state index is 0.639. The molecule has 1 aromatic heterocycles. The zero-order valence-electron chi connectivity index (χ0n) is 9.74. The van der Waals surface area contributed by atoms with Gasteiger partial charge in [-0.1, -0.05) is 13.3 Å². The highest BCUT2D eigenvalue weighted by Gasteiger charge is 2.20. The molecule has 1 N–H and O–H groups in total. The molecule has 15 heavy (non-hydrogen) atoms. The highest BCUT2D eigenvalue weighted by Crippen LogP contribution is 2.23. The van der Waals surface area contributed by atoms with E-state index in [2.05, 4.69) is 28.7 Å². The van der Waals surface area contributed by atoms with Gasteiger partial charge < -0.3 is 9.88 Å². The monoisotopic (exact) mass is 207 g/mol. The lowest BCUT2D eigenvalue weighted by atomic mass is 10.00. The topological polar surface area (TPSA) is 29.9 Å². The number of hydrogen-bond acceptors (Lipinski definition) is 2. The van der Waals surface area contributed by atoms with Crippen LogP contribution in [0.5, 0.6) is 0 Å². The fourth-order valence-electron chi connectivity index (χ4n) is 2.47. The number of aromatic nitrogens is 2. The molecule has 0 radical (unpaired) electrons. The fourth-order valence-corrected chi connectivity index (χ4v) is 2.47.